The summed E-state index contributed by atoms with van der Waals surface area (Å²) in [6.45, 7) is 3.71. The predicted octanol–water partition coefficient (Wildman–Crippen LogP) is 4.57. The number of amides is 2. The lowest BCUT2D eigenvalue weighted by Gasteiger charge is -2.23. The first-order valence-corrected chi connectivity index (χ1v) is 10.9. The maximum absolute atomic E-state index is 13.7. The molecule has 2 amide bonds. The monoisotopic (exact) mass is 457 g/mol. The Bertz CT molecular complexity index is 1320. The molecule has 6 nitrogen and oxygen atoms in total. The number of Topliss-reactive ketones (excluding diaryl/α,β-unsaturated/α-hetero) is 1. The Hall–Kier alpha value is -3.77. The van der Waals surface area contributed by atoms with Gasteiger partial charge in [-0.1, -0.05) is 65.7 Å². The second-order valence-corrected chi connectivity index (χ2v) is 8.59. The summed E-state index contributed by atoms with van der Waals surface area (Å²) in [6, 6.07) is 20.3. The molecule has 0 bridgehead atoms. The summed E-state index contributed by atoms with van der Waals surface area (Å²) in [4.78, 5) is 41.8. The molecule has 164 valence electrons. The Kier molecular flexibility index (Phi) is 5.10. The number of ketones is 1. The molecule has 0 N–H and O–H groups in total. The number of hydrazone groups is 1. The summed E-state index contributed by atoms with van der Waals surface area (Å²) >= 11 is 6.27. The van der Waals surface area contributed by atoms with Crippen molar-refractivity contribution < 1.29 is 14.4 Å². The quantitative estimate of drug-likeness (QED) is 0.425. The Balaban J connectivity index is 1.64. The van der Waals surface area contributed by atoms with Gasteiger partial charge in [0.15, 0.2) is 0 Å². The lowest BCUT2D eigenvalue weighted by Crippen LogP contribution is -2.39. The third kappa shape index (κ3) is 3.34. The van der Waals surface area contributed by atoms with E-state index in [0.717, 1.165) is 10.5 Å². The molecule has 0 aliphatic carbocycles. The van der Waals surface area contributed by atoms with Gasteiger partial charge in [0.1, 0.15) is 17.7 Å². The average Bonchev–Trinajstić information content (AvgIpc) is 3.33. The molecule has 33 heavy (non-hydrogen) atoms. The van der Waals surface area contributed by atoms with Gasteiger partial charge in [0, 0.05) is 10.6 Å². The van der Waals surface area contributed by atoms with Gasteiger partial charge in [0.25, 0.3) is 5.91 Å². The van der Waals surface area contributed by atoms with Crippen LogP contribution in [0.5, 0.6) is 0 Å². The highest BCUT2D eigenvalue weighted by Crippen LogP contribution is 2.40. The summed E-state index contributed by atoms with van der Waals surface area (Å²) in [6.07, 6.45) is 0. The van der Waals surface area contributed by atoms with Crippen LogP contribution in [0, 0.1) is 19.8 Å². The first-order valence-electron chi connectivity index (χ1n) is 10.6. The summed E-state index contributed by atoms with van der Waals surface area (Å²) in [7, 11) is 0. The van der Waals surface area contributed by atoms with Crippen LogP contribution in [0.3, 0.4) is 0 Å². The lowest BCUT2D eigenvalue weighted by atomic mass is 9.92. The van der Waals surface area contributed by atoms with E-state index in [2.05, 4.69) is 5.10 Å². The van der Waals surface area contributed by atoms with Crippen molar-refractivity contribution in [2.45, 2.75) is 19.9 Å². The molecular weight excluding hydrogens is 438 g/mol. The van der Waals surface area contributed by atoms with E-state index < -0.39 is 23.8 Å². The van der Waals surface area contributed by atoms with Crippen LogP contribution in [-0.4, -0.2) is 29.4 Å². The zero-order chi connectivity index (χ0) is 23.3. The van der Waals surface area contributed by atoms with Crippen LogP contribution < -0.4 is 9.91 Å². The fraction of sp³-hybridized carbons (Fsp3) is 0.154. The number of nitrogens with zero attached hydrogens (tertiary/aromatic N) is 3. The molecule has 0 spiro atoms. The third-order valence-corrected chi connectivity index (χ3v) is 6.51. The second-order valence-electron chi connectivity index (χ2n) is 8.18. The molecule has 2 aliphatic heterocycles. The van der Waals surface area contributed by atoms with E-state index in [1.165, 1.54) is 5.01 Å². The van der Waals surface area contributed by atoms with Crippen LogP contribution in [0.25, 0.3) is 0 Å². The third-order valence-electron chi connectivity index (χ3n) is 6.10. The maximum Gasteiger partial charge on any atom is 0.259 e. The van der Waals surface area contributed by atoms with Crippen molar-refractivity contribution in [1.82, 2.24) is 0 Å². The summed E-state index contributed by atoms with van der Waals surface area (Å²) in [5.74, 6) is -2.29. The predicted molar refractivity (Wildman–Crippen MR) is 128 cm³/mol. The molecule has 7 heteroatoms. The van der Waals surface area contributed by atoms with Crippen LogP contribution in [0.1, 0.15) is 21.5 Å². The zero-order valence-electron chi connectivity index (χ0n) is 18.0. The zero-order valence-corrected chi connectivity index (χ0v) is 18.8. The van der Waals surface area contributed by atoms with E-state index in [9.17, 15) is 14.4 Å². The Morgan fingerprint density at radius 1 is 0.879 bits per heavy atom. The van der Waals surface area contributed by atoms with Gasteiger partial charge in [-0.15, -0.1) is 0 Å². The number of hydrogen-bond donors (Lipinski definition) is 0. The van der Waals surface area contributed by atoms with E-state index in [0.29, 0.717) is 27.5 Å². The van der Waals surface area contributed by atoms with Gasteiger partial charge in [-0.2, -0.15) is 5.10 Å². The molecular formula is C26H20ClN3O3. The minimum Gasteiger partial charge on any atom is -0.287 e. The van der Waals surface area contributed by atoms with Crippen LogP contribution >= 0.6 is 11.6 Å². The van der Waals surface area contributed by atoms with Crippen molar-refractivity contribution in [2.24, 2.45) is 11.0 Å². The van der Waals surface area contributed by atoms with Gasteiger partial charge in [0.2, 0.25) is 11.7 Å². The van der Waals surface area contributed by atoms with E-state index >= 15 is 0 Å². The number of carbonyl (C=O) groups is 3. The number of fused-ring (bicyclic) bond motifs is 1. The van der Waals surface area contributed by atoms with Crippen LogP contribution in [0.2, 0.25) is 5.02 Å². The molecule has 2 atom stereocenters. The normalized spacial score (nSPS) is 19.7. The Morgan fingerprint density at radius 2 is 1.58 bits per heavy atom. The molecule has 5 rings (SSSR count). The highest BCUT2D eigenvalue weighted by molar-refractivity contribution is 6.53. The minimum atomic E-state index is -1.01. The minimum absolute atomic E-state index is 0.0623. The number of rotatable bonds is 4. The summed E-state index contributed by atoms with van der Waals surface area (Å²) in [5, 5.41) is 6.48. The van der Waals surface area contributed by atoms with Gasteiger partial charge in [0.05, 0.1) is 11.4 Å². The highest BCUT2D eigenvalue weighted by Gasteiger charge is 2.58. The van der Waals surface area contributed by atoms with Crippen molar-refractivity contribution >= 4 is 46.3 Å². The molecule has 2 heterocycles. The van der Waals surface area contributed by atoms with Gasteiger partial charge in [-0.25, -0.2) is 4.90 Å². The molecule has 0 aromatic heterocycles. The summed E-state index contributed by atoms with van der Waals surface area (Å²) < 4.78 is 0. The number of aryl methyl sites for hydroxylation is 1. The van der Waals surface area contributed by atoms with Gasteiger partial charge in [-0.3, -0.25) is 19.4 Å². The smallest absolute Gasteiger partial charge is 0.259 e. The summed E-state index contributed by atoms with van der Waals surface area (Å²) in [5.41, 5.74) is 3.20. The first kappa shape index (κ1) is 21.1. The fourth-order valence-corrected chi connectivity index (χ4v) is 4.50. The van der Waals surface area contributed by atoms with Crippen LogP contribution in [0.15, 0.2) is 77.9 Å². The Morgan fingerprint density at radius 3 is 2.27 bits per heavy atom. The maximum atomic E-state index is 13.7. The van der Waals surface area contributed by atoms with E-state index in [1.54, 1.807) is 49.4 Å². The molecule has 1 saturated heterocycles. The molecule has 0 unspecified atom stereocenters. The fourth-order valence-electron chi connectivity index (χ4n) is 4.33. The molecule has 3 aromatic carbocycles. The van der Waals surface area contributed by atoms with Crippen molar-refractivity contribution in [2.75, 3.05) is 9.91 Å². The van der Waals surface area contributed by atoms with Crippen molar-refractivity contribution in [3.8, 4) is 0 Å². The Labute approximate surface area is 196 Å². The second kappa shape index (κ2) is 7.98. The average molecular weight is 458 g/mol. The first-order chi connectivity index (χ1) is 15.9. The standard InChI is InChI=1S/C26H20ClN3O3/c1-15-11-13-18(14-12-15)30-23-21(22(28-30)24(31)17-7-4-3-5-8-17)25(32)29(26(23)33)20-10-6-9-19(27)16(20)2/h3-14,21,23H,1-2H3/t21-,23-/m0/s1. The topological polar surface area (TPSA) is 70.1 Å². The number of imide groups is 1. The lowest BCUT2D eigenvalue weighted by molar-refractivity contribution is -0.121. The van der Waals surface area contributed by atoms with Crippen LogP contribution in [0.4, 0.5) is 11.4 Å². The number of carbonyl (C=O) groups excluding carboxylic acids is 3. The van der Waals surface area contributed by atoms with Crippen LogP contribution in [-0.2, 0) is 9.59 Å². The number of anilines is 2. The van der Waals surface area contributed by atoms with Gasteiger partial charge in [-0.05, 0) is 43.7 Å². The van der Waals surface area contributed by atoms with Gasteiger partial charge < -0.3 is 0 Å². The van der Waals surface area contributed by atoms with Crippen molar-refractivity contribution in [3.05, 3.63) is 94.5 Å². The van der Waals surface area contributed by atoms with E-state index in [4.69, 9.17) is 11.6 Å². The molecule has 1 fully saturated rings. The number of halogens is 1. The van der Waals surface area contributed by atoms with E-state index in [1.807, 2.05) is 37.3 Å². The number of benzene rings is 3. The van der Waals surface area contributed by atoms with Crippen molar-refractivity contribution in [3.63, 3.8) is 0 Å². The SMILES string of the molecule is Cc1ccc(N2N=C(C(=O)c3ccccc3)[C@@H]3C(=O)N(c4cccc(Cl)c4C)C(=O)[C@H]32)cc1. The largest absolute Gasteiger partial charge is 0.287 e. The highest BCUT2D eigenvalue weighted by atomic mass is 35.5. The molecule has 2 aliphatic rings. The molecule has 0 saturated carbocycles. The van der Waals surface area contributed by atoms with E-state index in [-0.39, 0.29) is 11.5 Å². The van der Waals surface area contributed by atoms with Gasteiger partial charge >= 0.3 is 0 Å². The molecule has 0 radical (unpaired) electrons. The number of hydrogen-bond acceptors (Lipinski definition) is 5. The van der Waals surface area contributed by atoms with Crippen molar-refractivity contribution in [1.29, 1.82) is 0 Å². The molecule has 3 aromatic rings.